The molecule has 0 saturated carbocycles. The van der Waals surface area contributed by atoms with Crippen molar-refractivity contribution in [2.24, 2.45) is 0 Å². The summed E-state index contributed by atoms with van der Waals surface area (Å²) in [4.78, 5) is 0. The van der Waals surface area contributed by atoms with E-state index in [4.69, 9.17) is 5.73 Å². The predicted molar refractivity (Wildman–Crippen MR) is 61.0 cm³/mol. The van der Waals surface area contributed by atoms with Crippen LogP contribution >= 0.6 is 0 Å². The molecule has 1 rings (SSSR count). The molecule has 0 amide bonds. The fraction of sp³-hybridized carbons (Fsp3) is 0.500. The zero-order valence-corrected chi connectivity index (χ0v) is 9.39. The summed E-state index contributed by atoms with van der Waals surface area (Å²) in [5.74, 6) is 0.567. The molecule has 0 spiro atoms. The lowest BCUT2D eigenvalue weighted by atomic mass is 10.0. The Morgan fingerprint density at radius 2 is 1.69 bits per heavy atom. The van der Waals surface area contributed by atoms with Crippen LogP contribution in [0.1, 0.15) is 44.7 Å². The van der Waals surface area contributed by atoms with E-state index in [0.717, 1.165) is 11.3 Å². The molecule has 74 valence electrons. The lowest BCUT2D eigenvalue weighted by Gasteiger charge is -2.07. The largest absolute Gasteiger partial charge is 0.399 e. The van der Waals surface area contributed by atoms with Crippen LogP contribution < -0.4 is 5.73 Å². The Balaban J connectivity index is 0.000000671. The van der Waals surface area contributed by atoms with Gasteiger partial charge in [-0.2, -0.15) is 0 Å². The summed E-state index contributed by atoms with van der Waals surface area (Å²) in [6.07, 6.45) is 0. The lowest BCUT2D eigenvalue weighted by molar-refractivity contribution is 0.866. The molecule has 0 aliphatic heterocycles. The van der Waals surface area contributed by atoms with E-state index in [2.05, 4.69) is 32.0 Å². The van der Waals surface area contributed by atoms with Gasteiger partial charge in [0, 0.05) is 5.69 Å². The van der Waals surface area contributed by atoms with Crippen LogP contribution in [0.25, 0.3) is 0 Å². The monoisotopic (exact) mass is 179 g/mol. The van der Waals surface area contributed by atoms with Gasteiger partial charge in [-0.25, -0.2) is 0 Å². The van der Waals surface area contributed by atoms with Crippen molar-refractivity contribution in [3.63, 3.8) is 0 Å². The van der Waals surface area contributed by atoms with Crippen molar-refractivity contribution in [3.05, 3.63) is 29.3 Å². The van der Waals surface area contributed by atoms with Crippen LogP contribution in [-0.4, -0.2) is 0 Å². The van der Waals surface area contributed by atoms with Crippen molar-refractivity contribution in [2.45, 2.75) is 40.5 Å². The van der Waals surface area contributed by atoms with E-state index < -0.39 is 0 Å². The van der Waals surface area contributed by atoms with Gasteiger partial charge >= 0.3 is 0 Å². The third-order valence-corrected chi connectivity index (χ3v) is 1.97. The zero-order chi connectivity index (χ0) is 10.4. The SMILES string of the molecule is CC.Cc1ccc(C(C)C)cc1N. The van der Waals surface area contributed by atoms with E-state index in [1.165, 1.54) is 5.56 Å². The van der Waals surface area contributed by atoms with Crippen LogP contribution in [0.3, 0.4) is 0 Å². The third kappa shape index (κ3) is 3.49. The molecule has 0 heterocycles. The fourth-order valence-electron chi connectivity index (χ4n) is 1.02. The Labute approximate surface area is 82.0 Å². The highest BCUT2D eigenvalue weighted by Gasteiger charge is 1.99. The molecule has 0 aromatic heterocycles. The summed E-state index contributed by atoms with van der Waals surface area (Å²) >= 11 is 0. The molecule has 1 nitrogen and oxygen atoms in total. The topological polar surface area (TPSA) is 26.0 Å². The number of nitrogen functional groups attached to an aromatic ring is 1. The minimum absolute atomic E-state index is 0.567. The Bertz CT molecular complexity index is 251. The second-order valence-corrected chi connectivity index (χ2v) is 3.27. The van der Waals surface area contributed by atoms with Gasteiger partial charge in [-0.1, -0.05) is 39.8 Å². The van der Waals surface area contributed by atoms with E-state index in [-0.39, 0.29) is 0 Å². The predicted octanol–water partition coefficient (Wildman–Crippen LogP) is 3.73. The van der Waals surface area contributed by atoms with Gasteiger partial charge < -0.3 is 5.73 Å². The van der Waals surface area contributed by atoms with Gasteiger partial charge in [-0.05, 0) is 30.0 Å². The molecule has 0 aliphatic rings. The van der Waals surface area contributed by atoms with Crippen LogP contribution in [0, 0.1) is 6.92 Å². The van der Waals surface area contributed by atoms with E-state index in [1.54, 1.807) is 0 Å². The summed E-state index contributed by atoms with van der Waals surface area (Å²) in [5.41, 5.74) is 9.13. The second-order valence-electron chi connectivity index (χ2n) is 3.27. The number of rotatable bonds is 1. The Kier molecular flexibility index (Phi) is 5.20. The first-order chi connectivity index (χ1) is 6.11. The van der Waals surface area contributed by atoms with Crippen molar-refractivity contribution in [1.29, 1.82) is 0 Å². The first-order valence-corrected chi connectivity index (χ1v) is 4.97. The van der Waals surface area contributed by atoms with Gasteiger partial charge in [0.1, 0.15) is 0 Å². The molecule has 0 bridgehead atoms. The fourth-order valence-corrected chi connectivity index (χ4v) is 1.02. The van der Waals surface area contributed by atoms with Crippen molar-refractivity contribution in [1.82, 2.24) is 0 Å². The van der Waals surface area contributed by atoms with Crippen LogP contribution in [0.5, 0.6) is 0 Å². The van der Waals surface area contributed by atoms with Crippen molar-refractivity contribution in [3.8, 4) is 0 Å². The number of nitrogens with two attached hydrogens (primary N) is 1. The van der Waals surface area contributed by atoms with Crippen LogP contribution in [0.4, 0.5) is 5.69 Å². The van der Waals surface area contributed by atoms with E-state index in [0.29, 0.717) is 5.92 Å². The maximum Gasteiger partial charge on any atom is 0.0346 e. The highest BCUT2D eigenvalue weighted by atomic mass is 14.6. The highest BCUT2D eigenvalue weighted by molar-refractivity contribution is 5.48. The molecule has 0 aliphatic carbocycles. The van der Waals surface area contributed by atoms with Gasteiger partial charge in [-0.3, -0.25) is 0 Å². The zero-order valence-electron chi connectivity index (χ0n) is 9.39. The Hall–Kier alpha value is -0.980. The molecule has 1 heteroatoms. The molecule has 2 N–H and O–H groups in total. The first-order valence-electron chi connectivity index (χ1n) is 4.97. The molecular formula is C12H21N. The molecule has 1 aromatic carbocycles. The third-order valence-electron chi connectivity index (χ3n) is 1.97. The molecule has 0 fully saturated rings. The minimum Gasteiger partial charge on any atom is -0.399 e. The van der Waals surface area contributed by atoms with Crippen molar-refractivity contribution in [2.75, 3.05) is 5.73 Å². The second kappa shape index (κ2) is 5.63. The minimum atomic E-state index is 0.567. The standard InChI is InChI=1S/C10H15N.C2H6/c1-7(2)9-5-4-8(3)10(11)6-9;1-2/h4-7H,11H2,1-3H3;1-2H3. The van der Waals surface area contributed by atoms with Gasteiger partial charge in [0.15, 0.2) is 0 Å². The summed E-state index contributed by atoms with van der Waals surface area (Å²) in [5, 5.41) is 0. The maximum absolute atomic E-state index is 5.76. The number of benzene rings is 1. The Morgan fingerprint density at radius 3 is 2.08 bits per heavy atom. The van der Waals surface area contributed by atoms with Crippen LogP contribution in [0.2, 0.25) is 0 Å². The van der Waals surface area contributed by atoms with E-state index in [9.17, 15) is 0 Å². The smallest absolute Gasteiger partial charge is 0.0346 e. The summed E-state index contributed by atoms with van der Waals surface area (Å²) in [6, 6.07) is 6.26. The molecule has 1 aromatic rings. The maximum atomic E-state index is 5.76. The summed E-state index contributed by atoms with van der Waals surface area (Å²) < 4.78 is 0. The average Bonchev–Trinajstić information content (AvgIpc) is 2.13. The van der Waals surface area contributed by atoms with Gasteiger partial charge in [0.2, 0.25) is 0 Å². The van der Waals surface area contributed by atoms with Gasteiger partial charge in [0.05, 0.1) is 0 Å². The average molecular weight is 179 g/mol. The summed E-state index contributed by atoms with van der Waals surface area (Å²) in [7, 11) is 0. The highest BCUT2D eigenvalue weighted by Crippen LogP contribution is 2.19. The van der Waals surface area contributed by atoms with Gasteiger partial charge in [-0.15, -0.1) is 0 Å². The van der Waals surface area contributed by atoms with Crippen molar-refractivity contribution < 1.29 is 0 Å². The Morgan fingerprint density at radius 1 is 1.15 bits per heavy atom. The number of aryl methyl sites for hydroxylation is 1. The molecule has 0 saturated heterocycles. The lowest BCUT2D eigenvalue weighted by Crippen LogP contribution is -1.93. The summed E-state index contributed by atoms with van der Waals surface area (Å²) in [6.45, 7) is 10.4. The number of hydrogen-bond acceptors (Lipinski definition) is 1. The van der Waals surface area contributed by atoms with Crippen LogP contribution in [0.15, 0.2) is 18.2 Å². The molecule has 0 unspecified atom stereocenters. The normalized spacial score (nSPS) is 9.38. The molecule has 0 atom stereocenters. The molecule has 0 radical (unpaired) electrons. The van der Waals surface area contributed by atoms with E-state index in [1.807, 2.05) is 20.8 Å². The van der Waals surface area contributed by atoms with Crippen molar-refractivity contribution >= 4 is 5.69 Å². The van der Waals surface area contributed by atoms with Gasteiger partial charge in [0.25, 0.3) is 0 Å². The molecule has 13 heavy (non-hydrogen) atoms. The number of hydrogen-bond donors (Lipinski definition) is 1. The van der Waals surface area contributed by atoms with E-state index >= 15 is 0 Å². The number of anilines is 1. The molecular weight excluding hydrogens is 158 g/mol. The quantitative estimate of drug-likeness (QED) is 0.653. The van der Waals surface area contributed by atoms with Crippen LogP contribution in [-0.2, 0) is 0 Å². The first kappa shape index (κ1) is 12.0.